The number of rotatable bonds is 4. The molecule has 1 rings (SSSR count). The maximum Gasteiger partial charge on any atom is 0.333 e. The van der Waals surface area contributed by atoms with Crippen LogP contribution in [0.3, 0.4) is 0 Å². The van der Waals surface area contributed by atoms with Gasteiger partial charge in [0.1, 0.15) is 6.10 Å². The van der Waals surface area contributed by atoms with Gasteiger partial charge >= 0.3 is 5.97 Å². The summed E-state index contributed by atoms with van der Waals surface area (Å²) in [7, 11) is 0. The van der Waals surface area contributed by atoms with Crippen LogP contribution in [-0.2, 0) is 19.1 Å². The lowest BCUT2D eigenvalue weighted by molar-refractivity contribution is -0.149. The molecule has 0 aromatic rings. The van der Waals surface area contributed by atoms with Crippen LogP contribution in [0.15, 0.2) is 23.3 Å². The number of hydrogen-bond donors (Lipinski definition) is 0. The average Bonchev–Trinajstić information content (AvgIpc) is 2.46. The fourth-order valence-electron chi connectivity index (χ4n) is 1.56. The van der Waals surface area contributed by atoms with Crippen LogP contribution in [0.4, 0.5) is 0 Å². The Morgan fingerprint density at radius 2 is 1.72 bits per heavy atom. The lowest BCUT2D eigenvalue weighted by Crippen LogP contribution is -2.38. The monoisotopic (exact) mass is 251 g/mol. The van der Waals surface area contributed by atoms with Gasteiger partial charge in [-0.1, -0.05) is 6.58 Å². The zero-order valence-corrected chi connectivity index (χ0v) is 11.1. The molecule has 2 amide bonds. The van der Waals surface area contributed by atoms with E-state index < -0.39 is 12.1 Å². The Labute approximate surface area is 106 Å². The number of carbonyl (C=O) groups excluding carboxylic acids is 3. The molecule has 5 heteroatoms. The first-order valence-corrected chi connectivity index (χ1v) is 5.65. The number of ether oxygens (including phenoxy) is 1. The van der Waals surface area contributed by atoms with Crippen molar-refractivity contribution in [2.45, 2.75) is 33.8 Å². The fourth-order valence-corrected chi connectivity index (χ4v) is 1.56. The second-order valence-corrected chi connectivity index (χ2v) is 4.47. The van der Waals surface area contributed by atoms with Gasteiger partial charge in [-0.3, -0.25) is 14.5 Å². The minimum absolute atomic E-state index is 0.0609. The summed E-state index contributed by atoms with van der Waals surface area (Å²) < 4.78 is 5.04. The molecule has 0 fully saturated rings. The van der Waals surface area contributed by atoms with Crippen LogP contribution >= 0.6 is 0 Å². The van der Waals surface area contributed by atoms with Gasteiger partial charge in [-0.25, -0.2) is 4.79 Å². The van der Waals surface area contributed by atoms with Gasteiger partial charge in [-0.15, -0.1) is 0 Å². The standard InChI is InChI=1S/C13H17NO4/c1-7(2)13(17)18-8(3)6-14-11(15)9(4)10(5)12(14)16/h8H,1,6H2,2-5H3. The van der Waals surface area contributed by atoms with Crippen molar-refractivity contribution < 1.29 is 19.1 Å². The molecule has 1 heterocycles. The van der Waals surface area contributed by atoms with E-state index >= 15 is 0 Å². The van der Waals surface area contributed by atoms with Gasteiger partial charge < -0.3 is 4.74 Å². The molecule has 1 aliphatic heterocycles. The van der Waals surface area contributed by atoms with Crippen LogP contribution in [0.1, 0.15) is 27.7 Å². The van der Waals surface area contributed by atoms with Crippen molar-refractivity contribution in [3.8, 4) is 0 Å². The minimum atomic E-state index is -0.555. The number of nitrogens with zero attached hydrogens (tertiary/aromatic N) is 1. The van der Waals surface area contributed by atoms with E-state index in [2.05, 4.69) is 6.58 Å². The van der Waals surface area contributed by atoms with Crippen LogP contribution in [0.2, 0.25) is 0 Å². The number of carbonyl (C=O) groups is 3. The second kappa shape index (κ2) is 5.16. The molecule has 1 aliphatic rings. The highest BCUT2D eigenvalue weighted by Gasteiger charge is 2.34. The molecule has 0 saturated carbocycles. The van der Waals surface area contributed by atoms with Crippen molar-refractivity contribution in [1.29, 1.82) is 0 Å². The summed E-state index contributed by atoms with van der Waals surface area (Å²) >= 11 is 0. The highest BCUT2D eigenvalue weighted by molar-refractivity contribution is 6.18. The summed E-state index contributed by atoms with van der Waals surface area (Å²) in [4.78, 5) is 35.9. The van der Waals surface area contributed by atoms with Gasteiger partial charge in [0.15, 0.2) is 0 Å². The van der Waals surface area contributed by atoms with E-state index in [-0.39, 0.29) is 23.9 Å². The van der Waals surface area contributed by atoms with E-state index in [4.69, 9.17) is 4.74 Å². The number of hydrogen-bond acceptors (Lipinski definition) is 4. The molecule has 5 nitrogen and oxygen atoms in total. The van der Waals surface area contributed by atoms with Crippen molar-refractivity contribution >= 4 is 17.8 Å². The van der Waals surface area contributed by atoms with Crippen molar-refractivity contribution in [3.63, 3.8) is 0 Å². The first kappa shape index (κ1) is 14.2. The third-order valence-corrected chi connectivity index (χ3v) is 2.79. The summed E-state index contributed by atoms with van der Waals surface area (Å²) in [5, 5.41) is 0. The SMILES string of the molecule is C=C(C)C(=O)OC(C)CN1C(=O)C(C)=C(C)C1=O. The molecular formula is C13H17NO4. The molecule has 0 saturated heterocycles. The van der Waals surface area contributed by atoms with Crippen LogP contribution in [0.25, 0.3) is 0 Å². The van der Waals surface area contributed by atoms with Crippen LogP contribution < -0.4 is 0 Å². The molecular weight excluding hydrogens is 234 g/mol. The molecule has 1 unspecified atom stereocenters. The third-order valence-electron chi connectivity index (χ3n) is 2.79. The summed E-state index contributed by atoms with van der Waals surface area (Å²) in [6.07, 6.45) is -0.555. The molecule has 0 aromatic heterocycles. The van der Waals surface area contributed by atoms with Crippen LogP contribution in [-0.4, -0.2) is 35.3 Å². The predicted molar refractivity (Wildman–Crippen MR) is 65.5 cm³/mol. The molecule has 1 atom stereocenters. The quantitative estimate of drug-likeness (QED) is 0.428. The maximum atomic E-state index is 11.8. The van der Waals surface area contributed by atoms with Crippen molar-refractivity contribution in [1.82, 2.24) is 4.90 Å². The van der Waals surface area contributed by atoms with Crippen LogP contribution in [0.5, 0.6) is 0 Å². The molecule has 0 radical (unpaired) electrons. The Bertz CT molecular complexity index is 438. The molecule has 0 bridgehead atoms. The molecule has 98 valence electrons. The molecule has 0 spiro atoms. The fraction of sp³-hybridized carbons (Fsp3) is 0.462. The smallest absolute Gasteiger partial charge is 0.333 e. The van der Waals surface area contributed by atoms with Gasteiger partial charge in [-0.2, -0.15) is 0 Å². The Morgan fingerprint density at radius 3 is 2.11 bits per heavy atom. The number of imide groups is 1. The van der Waals surface area contributed by atoms with Gasteiger partial charge in [0.2, 0.25) is 0 Å². The first-order chi connectivity index (χ1) is 8.25. The van der Waals surface area contributed by atoms with E-state index in [0.717, 1.165) is 4.90 Å². The second-order valence-electron chi connectivity index (χ2n) is 4.47. The summed E-state index contributed by atoms with van der Waals surface area (Å²) in [5.41, 5.74) is 1.17. The lowest BCUT2D eigenvalue weighted by Gasteiger charge is -2.20. The Morgan fingerprint density at radius 1 is 1.28 bits per heavy atom. The number of amides is 2. The summed E-state index contributed by atoms with van der Waals surface area (Å²) in [6.45, 7) is 9.92. The summed E-state index contributed by atoms with van der Waals surface area (Å²) in [5.74, 6) is -1.17. The van der Waals surface area contributed by atoms with E-state index in [9.17, 15) is 14.4 Å². The van der Waals surface area contributed by atoms with E-state index in [1.807, 2.05) is 0 Å². The van der Waals surface area contributed by atoms with E-state index in [0.29, 0.717) is 11.1 Å². The topological polar surface area (TPSA) is 63.7 Å². The normalized spacial score (nSPS) is 17.2. The van der Waals surface area contributed by atoms with Gasteiger partial charge in [0.25, 0.3) is 11.8 Å². The zero-order chi connectivity index (χ0) is 14.0. The molecule has 0 aliphatic carbocycles. The van der Waals surface area contributed by atoms with Gasteiger partial charge in [0.05, 0.1) is 6.54 Å². The van der Waals surface area contributed by atoms with E-state index in [1.165, 1.54) is 6.92 Å². The molecule has 18 heavy (non-hydrogen) atoms. The van der Waals surface area contributed by atoms with Crippen molar-refractivity contribution in [2.24, 2.45) is 0 Å². The largest absolute Gasteiger partial charge is 0.457 e. The Kier molecular flexibility index (Phi) is 4.06. The van der Waals surface area contributed by atoms with E-state index in [1.54, 1.807) is 20.8 Å². The Hall–Kier alpha value is -1.91. The third kappa shape index (κ3) is 2.67. The van der Waals surface area contributed by atoms with Gasteiger partial charge in [-0.05, 0) is 27.7 Å². The van der Waals surface area contributed by atoms with Crippen LogP contribution in [0, 0.1) is 0 Å². The molecule has 0 aromatic carbocycles. The first-order valence-electron chi connectivity index (χ1n) is 5.65. The van der Waals surface area contributed by atoms with Crippen molar-refractivity contribution in [2.75, 3.05) is 6.54 Å². The zero-order valence-electron chi connectivity index (χ0n) is 11.1. The Balaban J connectivity index is 2.65. The number of esters is 1. The maximum absolute atomic E-state index is 11.8. The predicted octanol–water partition coefficient (Wildman–Crippen LogP) is 1.20. The highest BCUT2D eigenvalue weighted by Crippen LogP contribution is 2.20. The van der Waals surface area contributed by atoms with Gasteiger partial charge in [0, 0.05) is 16.7 Å². The highest BCUT2D eigenvalue weighted by atomic mass is 16.5. The minimum Gasteiger partial charge on any atom is -0.457 e. The lowest BCUT2D eigenvalue weighted by atomic mass is 10.2. The molecule has 0 N–H and O–H groups in total. The van der Waals surface area contributed by atoms with Crippen molar-refractivity contribution in [3.05, 3.63) is 23.3 Å². The summed E-state index contributed by atoms with van der Waals surface area (Å²) in [6, 6.07) is 0. The average molecular weight is 251 g/mol.